The highest BCUT2D eigenvalue weighted by molar-refractivity contribution is 7.98. The van der Waals surface area contributed by atoms with Gasteiger partial charge in [-0.25, -0.2) is 4.98 Å². The van der Waals surface area contributed by atoms with Gasteiger partial charge in [0.25, 0.3) is 0 Å². The first-order valence-electron chi connectivity index (χ1n) is 6.33. The van der Waals surface area contributed by atoms with Crippen LogP contribution in [-0.4, -0.2) is 15.1 Å². The van der Waals surface area contributed by atoms with Gasteiger partial charge in [-0.15, -0.1) is 0 Å². The molecular formula is C15H15N3OS. The van der Waals surface area contributed by atoms with E-state index >= 15 is 0 Å². The fourth-order valence-electron chi connectivity index (χ4n) is 2.06. The standard InChI is InChI=1S/C15H15N3OS/c16-14(19)11-7-4-8-12-13(11)18-15(17-12)20-9-10-5-2-1-3-6-10/h1-8,14,19H,9,16H2,(H,17,18). The maximum absolute atomic E-state index is 9.56. The van der Waals surface area contributed by atoms with Crippen LogP contribution >= 0.6 is 11.8 Å². The number of benzene rings is 2. The van der Waals surface area contributed by atoms with Gasteiger partial charge in [-0.3, -0.25) is 0 Å². The SMILES string of the molecule is NC(O)c1cccc2[nH]c(SCc3ccccc3)nc12. The summed E-state index contributed by atoms with van der Waals surface area (Å²) in [7, 11) is 0. The topological polar surface area (TPSA) is 74.9 Å². The Morgan fingerprint density at radius 1 is 1.15 bits per heavy atom. The molecule has 2 aromatic carbocycles. The van der Waals surface area contributed by atoms with E-state index in [0.29, 0.717) is 5.56 Å². The molecule has 0 aliphatic heterocycles. The molecule has 4 nitrogen and oxygen atoms in total. The quantitative estimate of drug-likeness (QED) is 0.509. The molecule has 0 amide bonds. The molecule has 1 heterocycles. The summed E-state index contributed by atoms with van der Waals surface area (Å²) in [6.07, 6.45) is -1.01. The molecule has 4 N–H and O–H groups in total. The zero-order valence-electron chi connectivity index (χ0n) is 10.8. The van der Waals surface area contributed by atoms with E-state index in [2.05, 4.69) is 22.1 Å². The van der Waals surface area contributed by atoms with E-state index in [9.17, 15) is 5.11 Å². The second-order valence-corrected chi connectivity index (χ2v) is 5.47. The van der Waals surface area contributed by atoms with Crippen molar-refractivity contribution in [2.45, 2.75) is 17.1 Å². The van der Waals surface area contributed by atoms with E-state index in [0.717, 1.165) is 21.9 Å². The Kier molecular flexibility index (Phi) is 3.73. The highest BCUT2D eigenvalue weighted by Crippen LogP contribution is 2.26. The summed E-state index contributed by atoms with van der Waals surface area (Å²) in [5.41, 5.74) is 9.07. The van der Waals surface area contributed by atoms with Crippen molar-refractivity contribution in [3.05, 3.63) is 59.7 Å². The van der Waals surface area contributed by atoms with Gasteiger partial charge in [0.05, 0.1) is 11.0 Å². The molecular weight excluding hydrogens is 270 g/mol. The lowest BCUT2D eigenvalue weighted by molar-refractivity contribution is 0.187. The van der Waals surface area contributed by atoms with Crippen LogP contribution in [0.5, 0.6) is 0 Å². The number of aromatic amines is 1. The summed E-state index contributed by atoms with van der Waals surface area (Å²) in [6.45, 7) is 0. The summed E-state index contributed by atoms with van der Waals surface area (Å²) in [5, 5.41) is 10.4. The Labute approximate surface area is 121 Å². The van der Waals surface area contributed by atoms with E-state index in [1.165, 1.54) is 5.56 Å². The van der Waals surface area contributed by atoms with E-state index in [1.54, 1.807) is 17.8 Å². The number of hydrogen-bond donors (Lipinski definition) is 3. The van der Waals surface area contributed by atoms with Crippen LogP contribution in [0, 0.1) is 0 Å². The number of aliphatic hydroxyl groups excluding tert-OH is 1. The molecule has 3 aromatic rings. The van der Waals surface area contributed by atoms with Crippen LogP contribution in [0.15, 0.2) is 53.7 Å². The minimum atomic E-state index is -1.01. The van der Waals surface area contributed by atoms with Crippen molar-refractivity contribution < 1.29 is 5.11 Å². The van der Waals surface area contributed by atoms with Gasteiger partial charge < -0.3 is 15.8 Å². The number of aliphatic hydroxyl groups is 1. The molecule has 0 aliphatic carbocycles. The maximum Gasteiger partial charge on any atom is 0.166 e. The zero-order valence-corrected chi connectivity index (χ0v) is 11.6. The number of nitrogens with zero attached hydrogens (tertiary/aromatic N) is 1. The first-order valence-corrected chi connectivity index (χ1v) is 7.31. The van der Waals surface area contributed by atoms with Crippen LogP contribution in [0.4, 0.5) is 0 Å². The van der Waals surface area contributed by atoms with Crippen molar-refractivity contribution >= 4 is 22.8 Å². The number of aromatic nitrogens is 2. The summed E-state index contributed by atoms with van der Waals surface area (Å²) >= 11 is 1.63. The Morgan fingerprint density at radius 2 is 1.95 bits per heavy atom. The average Bonchev–Trinajstić information content (AvgIpc) is 2.88. The fourth-order valence-corrected chi connectivity index (χ4v) is 2.90. The minimum absolute atomic E-state index is 0.644. The molecule has 3 rings (SSSR count). The minimum Gasteiger partial charge on any atom is -0.374 e. The maximum atomic E-state index is 9.56. The third-order valence-electron chi connectivity index (χ3n) is 3.06. The van der Waals surface area contributed by atoms with Crippen LogP contribution < -0.4 is 5.73 Å². The smallest absolute Gasteiger partial charge is 0.166 e. The number of para-hydroxylation sites is 1. The van der Waals surface area contributed by atoms with Gasteiger partial charge in [0.2, 0.25) is 0 Å². The molecule has 20 heavy (non-hydrogen) atoms. The monoisotopic (exact) mass is 285 g/mol. The molecule has 1 aromatic heterocycles. The predicted octanol–water partition coefficient (Wildman–Crippen LogP) is 2.80. The van der Waals surface area contributed by atoms with Crippen LogP contribution in [0.1, 0.15) is 17.4 Å². The molecule has 0 aliphatic rings. The van der Waals surface area contributed by atoms with Crippen LogP contribution in [-0.2, 0) is 5.75 Å². The lowest BCUT2D eigenvalue weighted by Gasteiger charge is -2.03. The first-order chi connectivity index (χ1) is 9.74. The molecule has 1 atom stereocenters. The first kappa shape index (κ1) is 13.2. The van der Waals surface area contributed by atoms with Gasteiger partial charge in [-0.1, -0.05) is 54.2 Å². The number of nitrogens with one attached hydrogen (secondary N) is 1. The number of thioether (sulfide) groups is 1. The number of rotatable bonds is 4. The summed E-state index contributed by atoms with van der Waals surface area (Å²) in [6, 6.07) is 15.8. The number of fused-ring (bicyclic) bond motifs is 1. The Balaban J connectivity index is 1.84. The van der Waals surface area contributed by atoms with Gasteiger partial charge in [0.15, 0.2) is 5.16 Å². The van der Waals surface area contributed by atoms with Gasteiger partial charge in [-0.2, -0.15) is 0 Å². The zero-order chi connectivity index (χ0) is 13.9. The Morgan fingerprint density at radius 3 is 2.70 bits per heavy atom. The van der Waals surface area contributed by atoms with Crippen molar-refractivity contribution in [2.24, 2.45) is 5.73 Å². The van der Waals surface area contributed by atoms with Crippen molar-refractivity contribution in [3.63, 3.8) is 0 Å². The molecule has 1 unspecified atom stereocenters. The third-order valence-corrected chi connectivity index (χ3v) is 4.00. The molecule has 0 saturated carbocycles. The van der Waals surface area contributed by atoms with E-state index < -0.39 is 6.23 Å². The fraction of sp³-hybridized carbons (Fsp3) is 0.133. The number of H-pyrrole nitrogens is 1. The van der Waals surface area contributed by atoms with E-state index in [4.69, 9.17) is 5.73 Å². The normalized spacial score (nSPS) is 12.7. The molecule has 0 spiro atoms. The lowest BCUT2D eigenvalue weighted by Crippen LogP contribution is -2.08. The highest BCUT2D eigenvalue weighted by atomic mass is 32.2. The van der Waals surface area contributed by atoms with Crippen LogP contribution in [0.3, 0.4) is 0 Å². The van der Waals surface area contributed by atoms with Crippen molar-refractivity contribution in [1.29, 1.82) is 0 Å². The van der Waals surface area contributed by atoms with Crippen LogP contribution in [0.2, 0.25) is 0 Å². The second kappa shape index (κ2) is 5.66. The van der Waals surface area contributed by atoms with Crippen molar-refractivity contribution in [3.8, 4) is 0 Å². The molecule has 0 fully saturated rings. The lowest BCUT2D eigenvalue weighted by atomic mass is 10.1. The van der Waals surface area contributed by atoms with Crippen molar-refractivity contribution in [2.75, 3.05) is 0 Å². The number of nitrogens with two attached hydrogens (primary N) is 1. The third kappa shape index (κ3) is 2.70. The number of imidazole rings is 1. The molecule has 0 radical (unpaired) electrons. The largest absolute Gasteiger partial charge is 0.374 e. The van der Waals surface area contributed by atoms with Gasteiger partial charge in [0, 0.05) is 11.3 Å². The molecule has 102 valence electrons. The average molecular weight is 285 g/mol. The van der Waals surface area contributed by atoms with Crippen molar-refractivity contribution in [1.82, 2.24) is 9.97 Å². The van der Waals surface area contributed by atoms with Gasteiger partial charge in [-0.05, 0) is 11.6 Å². The Hall–Kier alpha value is -1.82. The second-order valence-electron chi connectivity index (χ2n) is 4.50. The van der Waals surface area contributed by atoms with Gasteiger partial charge >= 0.3 is 0 Å². The molecule has 5 heteroatoms. The van der Waals surface area contributed by atoms with Crippen LogP contribution in [0.25, 0.3) is 11.0 Å². The number of hydrogen-bond acceptors (Lipinski definition) is 4. The predicted molar refractivity (Wildman–Crippen MR) is 81.2 cm³/mol. The Bertz CT molecular complexity index is 709. The summed E-state index contributed by atoms with van der Waals surface area (Å²) < 4.78 is 0. The highest BCUT2D eigenvalue weighted by Gasteiger charge is 2.11. The summed E-state index contributed by atoms with van der Waals surface area (Å²) in [5.74, 6) is 0.848. The molecule has 0 saturated heterocycles. The van der Waals surface area contributed by atoms with E-state index in [1.807, 2.05) is 30.3 Å². The van der Waals surface area contributed by atoms with Gasteiger partial charge in [0.1, 0.15) is 6.23 Å². The van der Waals surface area contributed by atoms with E-state index in [-0.39, 0.29) is 0 Å². The molecule has 0 bridgehead atoms. The summed E-state index contributed by atoms with van der Waals surface area (Å²) in [4.78, 5) is 7.76.